The fourth-order valence-electron chi connectivity index (χ4n) is 2.55. The molecule has 0 unspecified atom stereocenters. The number of aliphatic hydroxyl groups is 1. The first-order valence-corrected chi connectivity index (χ1v) is 9.31. The van der Waals surface area contributed by atoms with Gasteiger partial charge < -0.3 is 14.4 Å². The average molecular weight is 474 g/mol. The van der Waals surface area contributed by atoms with Gasteiger partial charge in [-0.05, 0) is 48.9 Å². The molecule has 3 rings (SSSR count). The summed E-state index contributed by atoms with van der Waals surface area (Å²) in [6.45, 7) is 0.648. The van der Waals surface area contributed by atoms with Crippen molar-refractivity contribution in [2.45, 2.75) is 13.0 Å². The van der Waals surface area contributed by atoms with Gasteiger partial charge in [-0.1, -0.05) is 11.6 Å². The molecule has 3 aromatic rings. The Morgan fingerprint density at radius 1 is 1.22 bits per heavy atom. The zero-order valence-corrected chi connectivity index (χ0v) is 17.8. The normalized spacial score (nSPS) is 11.3. The van der Waals surface area contributed by atoms with Crippen molar-refractivity contribution in [2.24, 2.45) is 4.99 Å². The summed E-state index contributed by atoms with van der Waals surface area (Å²) in [6, 6.07) is 12.1. The quantitative estimate of drug-likeness (QED) is 0.534. The van der Waals surface area contributed by atoms with Crippen molar-refractivity contribution in [3.63, 3.8) is 0 Å². The molecule has 0 aliphatic heterocycles. The first kappa shape index (κ1) is 21.6. The van der Waals surface area contributed by atoms with Crippen molar-refractivity contribution in [2.75, 3.05) is 13.7 Å². The minimum Gasteiger partial charge on any atom is -0.494 e. The zero-order valence-electron chi connectivity index (χ0n) is 14.6. The van der Waals surface area contributed by atoms with Crippen LogP contribution >= 0.6 is 39.9 Å². The van der Waals surface area contributed by atoms with E-state index in [4.69, 9.17) is 16.3 Å². The molecule has 0 fully saturated rings. The van der Waals surface area contributed by atoms with Gasteiger partial charge in [-0.25, -0.2) is 9.38 Å². The van der Waals surface area contributed by atoms with Crippen molar-refractivity contribution in [1.82, 2.24) is 4.57 Å². The molecular weight excluding hydrogens is 455 g/mol. The largest absolute Gasteiger partial charge is 0.494 e. The maximum atomic E-state index is 14.1. The third-order valence-electron chi connectivity index (χ3n) is 3.84. The highest BCUT2D eigenvalue weighted by atomic mass is 79.9. The Morgan fingerprint density at radius 2 is 1.96 bits per heavy atom. The van der Waals surface area contributed by atoms with Gasteiger partial charge in [-0.2, -0.15) is 0 Å². The van der Waals surface area contributed by atoms with Crippen LogP contribution in [-0.2, 0) is 6.54 Å². The zero-order chi connectivity index (χ0) is 18.5. The van der Waals surface area contributed by atoms with Gasteiger partial charge in [0.25, 0.3) is 0 Å². The molecule has 0 aliphatic carbocycles. The molecule has 0 amide bonds. The van der Waals surface area contributed by atoms with Crippen molar-refractivity contribution >= 4 is 45.6 Å². The lowest BCUT2D eigenvalue weighted by molar-refractivity contribution is 0.279. The maximum Gasteiger partial charge on any atom is 0.190 e. The summed E-state index contributed by atoms with van der Waals surface area (Å²) >= 11 is 7.38. The number of hydrogen-bond acceptors (Lipinski definition) is 4. The van der Waals surface area contributed by atoms with E-state index in [0.29, 0.717) is 18.0 Å². The Bertz CT molecular complexity index is 957. The van der Waals surface area contributed by atoms with Gasteiger partial charge in [0, 0.05) is 29.1 Å². The number of hydrogen-bond donors (Lipinski definition) is 1. The lowest BCUT2D eigenvalue weighted by Crippen LogP contribution is -2.16. The van der Waals surface area contributed by atoms with Crippen molar-refractivity contribution in [1.29, 1.82) is 0 Å². The van der Waals surface area contributed by atoms with E-state index in [0.717, 1.165) is 21.7 Å². The molecule has 1 aromatic heterocycles. The minimum atomic E-state index is -0.416. The molecular formula is C19H19BrClFN2O2S. The lowest BCUT2D eigenvalue weighted by Gasteiger charge is -2.10. The van der Waals surface area contributed by atoms with Gasteiger partial charge in [-0.3, -0.25) is 0 Å². The summed E-state index contributed by atoms with van der Waals surface area (Å²) in [6.07, 6.45) is 0.580. The van der Waals surface area contributed by atoms with Gasteiger partial charge in [0.05, 0.1) is 18.5 Å². The molecule has 1 N–H and O–H groups in total. The fraction of sp³-hybridized carbons (Fsp3) is 0.211. The van der Waals surface area contributed by atoms with E-state index >= 15 is 0 Å². The molecule has 0 spiro atoms. The number of thiazole rings is 1. The number of ether oxygens (including phenoxy) is 1. The monoisotopic (exact) mass is 472 g/mol. The summed E-state index contributed by atoms with van der Waals surface area (Å²) in [7, 11) is 1.44. The molecule has 0 radical (unpaired) electrons. The smallest absolute Gasteiger partial charge is 0.190 e. The molecule has 1 heterocycles. The Morgan fingerprint density at radius 3 is 2.59 bits per heavy atom. The number of benzene rings is 2. The number of aliphatic hydroxyl groups excluding tert-OH is 1. The average Bonchev–Trinajstić information content (AvgIpc) is 3.04. The van der Waals surface area contributed by atoms with Crippen LogP contribution in [0, 0.1) is 5.82 Å². The molecule has 8 heteroatoms. The van der Waals surface area contributed by atoms with E-state index in [1.165, 1.54) is 24.5 Å². The Kier molecular flexibility index (Phi) is 8.04. The summed E-state index contributed by atoms with van der Waals surface area (Å²) in [5, 5.41) is 11.8. The molecule has 0 bridgehead atoms. The van der Waals surface area contributed by atoms with E-state index in [9.17, 15) is 9.50 Å². The number of rotatable bonds is 6. The van der Waals surface area contributed by atoms with Gasteiger partial charge in [0.1, 0.15) is 0 Å². The van der Waals surface area contributed by atoms with Crippen LogP contribution in [0.5, 0.6) is 5.75 Å². The highest BCUT2D eigenvalue weighted by Gasteiger charge is 2.11. The third kappa shape index (κ3) is 5.19. The van der Waals surface area contributed by atoms with E-state index < -0.39 is 5.82 Å². The second kappa shape index (κ2) is 10.0. The Balaban J connectivity index is 0.00000261. The van der Waals surface area contributed by atoms with Crippen molar-refractivity contribution in [3.05, 3.63) is 63.5 Å². The highest BCUT2D eigenvalue weighted by Crippen LogP contribution is 2.26. The second-order valence-electron chi connectivity index (χ2n) is 5.57. The number of nitrogens with zero attached hydrogens (tertiary/aromatic N) is 2. The maximum absolute atomic E-state index is 14.1. The first-order valence-electron chi connectivity index (χ1n) is 8.06. The molecule has 0 saturated heterocycles. The molecule has 0 aliphatic rings. The van der Waals surface area contributed by atoms with Crippen LogP contribution in [0.3, 0.4) is 0 Å². The Hall–Kier alpha value is -1.67. The van der Waals surface area contributed by atoms with Crippen LogP contribution in [0.4, 0.5) is 10.1 Å². The van der Waals surface area contributed by atoms with Gasteiger partial charge in [0.2, 0.25) is 0 Å². The molecule has 0 saturated carbocycles. The fourth-order valence-corrected chi connectivity index (χ4v) is 3.63. The van der Waals surface area contributed by atoms with Crippen molar-refractivity contribution < 1.29 is 14.2 Å². The Labute approximate surface area is 176 Å². The van der Waals surface area contributed by atoms with Gasteiger partial charge in [-0.15, -0.1) is 28.3 Å². The van der Waals surface area contributed by atoms with Crippen LogP contribution < -0.4 is 9.54 Å². The van der Waals surface area contributed by atoms with E-state index in [1.807, 2.05) is 28.1 Å². The predicted molar refractivity (Wildman–Crippen MR) is 113 cm³/mol. The van der Waals surface area contributed by atoms with Crippen molar-refractivity contribution in [3.8, 4) is 17.0 Å². The van der Waals surface area contributed by atoms with E-state index in [1.54, 1.807) is 18.2 Å². The topological polar surface area (TPSA) is 46.8 Å². The molecule has 144 valence electrons. The number of aromatic nitrogens is 1. The molecule has 2 aromatic carbocycles. The highest BCUT2D eigenvalue weighted by molar-refractivity contribution is 8.93. The van der Waals surface area contributed by atoms with Gasteiger partial charge in [0.15, 0.2) is 16.4 Å². The van der Waals surface area contributed by atoms with Crippen LogP contribution in [-0.4, -0.2) is 23.4 Å². The van der Waals surface area contributed by atoms with Crippen LogP contribution in [0.1, 0.15) is 6.42 Å². The molecule has 27 heavy (non-hydrogen) atoms. The van der Waals surface area contributed by atoms with Crippen LogP contribution in [0.25, 0.3) is 11.3 Å². The van der Waals surface area contributed by atoms with Crippen LogP contribution in [0.2, 0.25) is 5.02 Å². The SMILES string of the molecule is Br.COc1ccc(-c2csc(=Nc3ccc(Cl)cc3)n2CCCO)cc1F. The summed E-state index contributed by atoms with van der Waals surface area (Å²) in [5.74, 6) is -0.210. The van der Waals surface area contributed by atoms with Crippen LogP contribution in [0.15, 0.2) is 52.8 Å². The van der Waals surface area contributed by atoms with Gasteiger partial charge >= 0.3 is 0 Å². The lowest BCUT2D eigenvalue weighted by atomic mass is 10.1. The molecule has 0 atom stereocenters. The number of halogens is 3. The molecule has 4 nitrogen and oxygen atoms in total. The third-order valence-corrected chi connectivity index (χ3v) is 4.95. The second-order valence-corrected chi connectivity index (χ2v) is 6.84. The standard InChI is InChI=1S/C19H18ClFN2O2S.BrH/c1-25-18-8-3-13(11-16(18)21)17-12-26-19(23(17)9-2-10-24)22-15-6-4-14(20)5-7-15;/h3-8,11-12,24H,2,9-10H2,1H3;1H. The van der Waals surface area contributed by atoms with E-state index in [-0.39, 0.29) is 29.3 Å². The first-order chi connectivity index (χ1) is 12.6. The summed E-state index contributed by atoms with van der Waals surface area (Å²) in [4.78, 5) is 5.43. The summed E-state index contributed by atoms with van der Waals surface area (Å²) < 4.78 is 21.1. The predicted octanol–water partition coefficient (Wildman–Crippen LogP) is 5.21. The summed E-state index contributed by atoms with van der Waals surface area (Å²) in [5.41, 5.74) is 2.36. The number of methoxy groups -OCH3 is 1. The minimum absolute atomic E-state index is 0. The van der Waals surface area contributed by atoms with E-state index in [2.05, 4.69) is 4.99 Å².